The van der Waals surface area contributed by atoms with Gasteiger partial charge in [-0.05, 0) is 12.0 Å². The smallest absolute Gasteiger partial charge is 0.268 e. The van der Waals surface area contributed by atoms with Gasteiger partial charge in [0.2, 0.25) is 11.8 Å². The van der Waals surface area contributed by atoms with Crippen LogP contribution in [0.5, 0.6) is 11.8 Å². The van der Waals surface area contributed by atoms with Gasteiger partial charge < -0.3 is 9.47 Å². The van der Waals surface area contributed by atoms with E-state index in [1.165, 1.54) is 20.3 Å². The molecule has 0 atom stereocenters. The second kappa shape index (κ2) is 7.89. The minimum Gasteiger partial charge on any atom is -0.481 e. The fourth-order valence-electron chi connectivity index (χ4n) is 1.81. The average molecular weight is 338 g/mol. The lowest BCUT2D eigenvalue weighted by atomic mass is 10.2. The zero-order valence-corrected chi connectivity index (χ0v) is 13.7. The summed E-state index contributed by atoms with van der Waals surface area (Å²) in [5, 5.41) is 0. The third-order valence-corrected chi connectivity index (χ3v) is 4.18. The normalized spacial score (nSPS) is 11.2. The Morgan fingerprint density at radius 3 is 2.17 bits per heavy atom. The first-order valence-corrected chi connectivity index (χ1v) is 8.47. The third kappa shape index (κ3) is 5.50. The van der Waals surface area contributed by atoms with E-state index in [0.29, 0.717) is 6.42 Å². The Labute approximate surface area is 135 Å². The van der Waals surface area contributed by atoms with Crippen molar-refractivity contribution in [2.75, 3.05) is 20.0 Å². The average Bonchev–Trinajstić information content (AvgIpc) is 2.59. The summed E-state index contributed by atoms with van der Waals surface area (Å²) in [7, 11) is -0.784. The molecule has 23 heavy (non-hydrogen) atoms. The van der Waals surface area contributed by atoms with E-state index in [9.17, 15) is 8.42 Å². The van der Waals surface area contributed by atoms with Crippen molar-refractivity contribution in [3.05, 3.63) is 47.8 Å². The molecule has 2 rings (SSSR count). The lowest BCUT2D eigenvalue weighted by Crippen LogP contribution is -2.14. The molecule has 0 saturated heterocycles. The van der Waals surface area contributed by atoms with E-state index in [0.717, 1.165) is 5.56 Å². The zero-order chi connectivity index (χ0) is 16.7. The molecule has 0 aliphatic rings. The highest BCUT2D eigenvalue weighted by Crippen LogP contribution is 2.15. The molecule has 0 fully saturated rings. The Bertz CT molecular complexity index is 713. The number of aromatic nitrogens is 2. The van der Waals surface area contributed by atoms with E-state index in [2.05, 4.69) is 9.97 Å². The molecule has 8 heteroatoms. The maximum atomic E-state index is 11.9. The van der Waals surface area contributed by atoms with Gasteiger partial charge in [-0.1, -0.05) is 30.3 Å². The van der Waals surface area contributed by atoms with Crippen molar-refractivity contribution in [3.63, 3.8) is 0 Å². The van der Waals surface area contributed by atoms with Gasteiger partial charge in [0, 0.05) is 0 Å². The summed E-state index contributed by atoms with van der Waals surface area (Å²) in [4.78, 5) is 8.04. The molecule has 0 saturated carbocycles. The molecule has 0 radical (unpaired) electrons. The van der Waals surface area contributed by atoms with Crippen LogP contribution in [0.1, 0.15) is 11.4 Å². The molecular weight excluding hydrogens is 320 g/mol. The molecule has 1 aromatic carbocycles. The number of rotatable bonds is 8. The molecule has 0 amide bonds. The molecule has 124 valence electrons. The van der Waals surface area contributed by atoms with Gasteiger partial charge in [-0.25, -0.2) is 0 Å². The number of hydrogen-bond donors (Lipinski definition) is 0. The highest BCUT2D eigenvalue weighted by Gasteiger charge is 2.14. The number of methoxy groups -OCH3 is 2. The molecule has 7 nitrogen and oxygen atoms in total. The summed E-state index contributed by atoms with van der Waals surface area (Å²) >= 11 is 0. The SMILES string of the molecule is COc1cc(OC)nc(COS(=O)(=O)CCc2ccccc2)n1. The van der Waals surface area contributed by atoms with Gasteiger partial charge in [-0.2, -0.15) is 18.4 Å². The van der Waals surface area contributed by atoms with E-state index in [4.69, 9.17) is 13.7 Å². The van der Waals surface area contributed by atoms with Crippen LogP contribution < -0.4 is 9.47 Å². The van der Waals surface area contributed by atoms with E-state index < -0.39 is 10.1 Å². The molecule has 2 aromatic rings. The minimum absolute atomic E-state index is 0.113. The Hall–Kier alpha value is -2.19. The standard InChI is InChI=1S/C15H18N2O5S/c1-20-14-10-15(21-2)17-13(16-14)11-22-23(18,19)9-8-12-6-4-3-5-7-12/h3-7,10H,8-9,11H2,1-2H3. The Balaban J connectivity index is 1.96. The zero-order valence-electron chi connectivity index (χ0n) is 12.9. The molecule has 1 heterocycles. The monoisotopic (exact) mass is 338 g/mol. The summed E-state index contributed by atoms with van der Waals surface area (Å²) < 4.78 is 38.9. The maximum Gasteiger partial charge on any atom is 0.268 e. The second-order valence-corrected chi connectivity index (χ2v) is 6.39. The number of nitrogens with zero attached hydrogens (tertiary/aromatic N) is 2. The second-order valence-electron chi connectivity index (χ2n) is 4.63. The lowest BCUT2D eigenvalue weighted by Gasteiger charge is -2.08. The number of benzene rings is 1. The first kappa shape index (κ1) is 17.2. The first-order chi connectivity index (χ1) is 11.0. The Morgan fingerprint density at radius 1 is 1.00 bits per heavy atom. The van der Waals surface area contributed by atoms with Gasteiger partial charge >= 0.3 is 0 Å². The quantitative estimate of drug-likeness (QED) is 0.675. The van der Waals surface area contributed by atoms with Gasteiger partial charge in [0.15, 0.2) is 5.82 Å². The fourth-order valence-corrected chi connectivity index (χ4v) is 2.70. The van der Waals surface area contributed by atoms with Crippen LogP contribution in [0.2, 0.25) is 0 Å². The molecule has 0 spiro atoms. The lowest BCUT2D eigenvalue weighted by molar-refractivity contribution is 0.290. The molecule has 0 bridgehead atoms. The van der Waals surface area contributed by atoms with Crippen LogP contribution >= 0.6 is 0 Å². The predicted molar refractivity (Wildman–Crippen MR) is 83.9 cm³/mol. The summed E-state index contributed by atoms with van der Waals surface area (Å²) in [6, 6.07) is 10.8. The number of aryl methyl sites for hydroxylation is 1. The van der Waals surface area contributed by atoms with Crippen molar-refractivity contribution in [1.29, 1.82) is 0 Å². The van der Waals surface area contributed by atoms with Gasteiger partial charge in [-0.15, -0.1) is 0 Å². The van der Waals surface area contributed by atoms with E-state index in [-0.39, 0.29) is 29.9 Å². The summed E-state index contributed by atoms with van der Waals surface area (Å²) in [6.07, 6.45) is 0.380. The van der Waals surface area contributed by atoms with Crippen LogP contribution in [0.25, 0.3) is 0 Å². The van der Waals surface area contributed by atoms with Crippen molar-refractivity contribution in [3.8, 4) is 11.8 Å². The Kier molecular flexibility index (Phi) is 5.89. The highest BCUT2D eigenvalue weighted by atomic mass is 32.2. The highest BCUT2D eigenvalue weighted by molar-refractivity contribution is 7.86. The molecular formula is C15H18N2O5S. The van der Waals surface area contributed by atoms with Crippen LogP contribution in [0.3, 0.4) is 0 Å². The van der Waals surface area contributed by atoms with Gasteiger partial charge in [0.1, 0.15) is 6.61 Å². The van der Waals surface area contributed by atoms with E-state index >= 15 is 0 Å². The van der Waals surface area contributed by atoms with Crippen molar-refractivity contribution < 1.29 is 22.1 Å². The van der Waals surface area contributed by atoms with Crippen LogP contribution in [-0.4, -0.2) is 38.4 Å². The van der Waals surface area contributed by atoms with E-state index in [1.807, 2.05) is 30.3 Å². The molecule has 1 aromatic heterocycles. The Morgan fingerprint density at radius 2 is 1.61 bits per heavy atom. The van der Waals surface area contributed by atoms with Crippen LogP contribution in [0.15, 0.2) is 36.4 Å². The van der Waals surface area contributed by atoms with Crippen molar-refractivity contribution in [1.82, 2.24) is 9.97 Å². The minimum atomic E-state index is -3.68. The van der Waals surface area contributed by atoms with Crippen molar-refractivity contribution in [2.45, 2.75) is 13.0 Å². The van der Waals surface area contributed by atoms with Crippen LogP contribution in [0.4, 0.5) is 0 Å². The number of hydrogen-bond acceptors (Lipinski definition) is 7. The maximum absolute atomic E-state index is 11.9. The van der Waals surface area contributed by atoms with Crippen LogP contribution in [-0.2, 0) is 27.3 Å². The molecule has 0 aliphatic carbocycles. The summed E-state index contributed by atoms with van der Waals surface area (Å²) in [5.74, 6) is 0.608. The third-order valence-electron chi connectivity index (χ3n) is 2.99. The number of ether oxygens (including phenoxy) is 2. The molecule has 0 N–H and O–H groups in total. The first-order valence-electron chi connectivity index (χ1n) is 6.89. The van der Waals surface area contributed by atoms with Crippen LogP contribution in [0, 0.1) is 0 Å². The largest absolute Gasteiger partial charge is 0.481 e. The van der Waals surface area contributed by atoms with Gasteiger partial charge in [-0.3, -0.25) is 4.18 Å². The van der Waals surface area contributed by atoms with E-state index in [1.54, 1.807) is 0 Å². The topological polar surface area (TPSA) is 87.6 Å². The summed E-state index contributed by atoms with van der Waals surface area (Å²) in [6.45, 7) is -0.273. The van der Waals surface area contributed by atoms with Gasteiger partial charge in [0.05, 0.1) is 26.0 Å². The fraction of sp³-hybridized carbons (Fsp3) is 0.333. The predicted octanol–water partition coefficient (Wildman–Crippen LogP) is 1.58. The van der Waals surface area contributed by atoms with Crippen molar-refractivity contribution in [2.24, 2.45) is 0 Å². The van der Waals surface area contributed by atoms with Crippen molar-refractivity contribution >= 4 is 10.1 Å². The molecule has 0 aliphatic heterocycles. The molecule has 0 unspecified atom stereocenters. The summed E-state index contributed by atoms with van der Waals surface area (Å²) in [5.41, 5.74) is 0.930. The van der Waals surface area contributed by atoms with Gasteiger partial charge in [0.25, 0.3) is 10.1 Å².